The molecule has 2 saturated heterocycles. The normalized spacial score (nSPS) is 27.9. The molecule has 0 radical (unpaired) electrons. The van der Waals surface area contributed by atoms with E-state index in [0.717, 1.165) is 17.7 Å². The van der Waals surface area contributed by atoms with E-state index in [4.69, 9.17) is 11.0 Å². The summed E-state index contributed by atoms with van der Waals surface area (Å²) >= 11 is 0. The second-order valence-electron chi connectivity index (χ2n) is 7.25. The number of morpholine rings is 1. The highest BCUT2D eigenvalue weighted by atomic mass is 19.2. The van der Waals surface area contributed by atoms with Gasteiger partial charge < -0.3 is 15.0 Å². The first-order valence-electron chi connectivity index (χ1n) is 13.5. The fraction of sp³-hybridized carbons (Fsp3) is 0.364. The smallest absolute Gasteiger partial charge is 0.246 e. The van der Waals surface area contributed by atoms with E-state index in [0.29, 0.717) is 16.3 Å². The van der Waals surface area contributed by atoms with Crippen LogP contribution in [0.2, 0.25) is 0 Å². The first-order valence-corrected chi connectivity index (χ1v) is 9.52. The number of hydrogen-bond donors (Lipinski definition) is 1. The summed E-state index contributed by atoms with van der Waals surface area (Å²) in [5, 5.41) is 7.28. The van der Waals surface area contributed by atoms with E-state index < -0.39 is 43.8 Å². The summed E-state index contributed by atoms with van der Waals surface area (Å²) < 4.78 is 97.2. The van der Waals surface area contributed by atoms with Crippen molar-refractivity contribution in [2.45, 2.75) is 13.0 Å². The van der Waals surface area contributed by atoms with Gasteiger partial charge in [0.2, 0.25) is 5.95 Å². The largest absolute Gasteiger partial charge is 0.379 e. The zero-order chi connectivity index (χ0) is 28.5. The highest BCUT2D eigenvalue weighted by molar-refractivity contribution is 5.65. The SMILES string of the molecule is [2H]C1([2H])OC([2H])([2H])C([2H])([2H])N(C2CN(c3cc(C)cc(Nc4ncn(-c5ccc(F)c(F)c5)n4)c3)C2)C1([2H])[2H]. The molecule has 0 spiro atoms. The molecule has 1 aromatic heterocycles. The van der Waals surface area contributed by atoms with Crippen molar-refractivity contribution in [3.63, 3.8) is 0 Å². The third kappa shape index (κ3) is 4.24. The minimum Gasteiger partial charge on any atom is -0.379 e. The number of halogens is 2. The van der Waals surface area contributed by atoms with Gasteiger partial charge in [-0.3, -0.25) is 4.90 Å². The van der Waals surface area contributed by atoms with Crippen LogP contribution in [0.3, 0.4) is 0 Å². The van der Waals surface area contributed by atoms with Crippen LogP contribution in [0.25, 0.3) is 5.69 Å². The number of aryl methyl sites for hydroxylation is 1. The first-order chi connectivity index (χ1) is 18.0. The molecule has 7 nitrogen and oxygen atoms in total. The van der Waals surface area contributed by atoms with Crippen molar-refractivity contribution in [1.82, 2.24) is 19.7 Å². The van der Waals surface area contributed by atoms with Gasteiger partial charge >= 0.3 is 0 Å². The van der Waals surface area contributed by atoms with Crippen LogP contribution in [0.15, 0.2) is 42.7 Å². The summed E-state index contributed by atoms with van der Waals surface area (Å²) in [5.41, 5.74) is 2.43. The fourth-order valence-corrected chi connectivity index (χ4v) is 3.43. The van der Waals surface area contributed by atoms with E-state index in [2.05, 4.69) is 20.1 Å². The molecular formula is C22H24F2N6O. The standard InChI is InChI=1S/C22H24F2N6O/c1-15-8-16(10-18(9-15)29-12-19(13-29)28-4-6-31-7-5-28)26-22-25-14-30(27-22)17-2-3-20(23)21(24)11-17/h2-3,8-11,14,19H,4-7,12-13H2,1H3,(H,26,27)/i4D2,5D2,6D2,7D2. The van der Waals surface area contributed by atoms with Crippen molar-refractivity contribution in [2.75, 3.05) is 49.4 Å². The number of nitrogens with one attached hydrogen (secondary N) is 1. The summed E-state index contributed by atoms with van der Waals surface area (Å²) in [6.07, 6.45) is 1.34. The van der Waals surface area contributed by atoms with Crippen LogP contribution in [0.5, 0.6) is 0 Å². The van der Waals surface area contributed by atoms with Crippen molar-refractivity contribution < 1.29 is 24.5 Å². The molecule has 9 heteroatoms. The molecule has 2 aromatic carbocycles. The Labute approximate surface area is 190 Å². The maximum Gasteiger partial charge on any atom is 0.246 e. The highest BCUT2D eigenvalue weighted by Crippen LogP contribution is 2.29. The average Bonchev–Trinajstić information content (AvgIpc) is 3.23. The van der Waals surface area contributed by atoms with Gasteiger partial charge in [-0.1, -0.05) is 0 Å². The van der Waals surface area contributed by atoms with E-state index in [1.165, 1.54) is 17.1 Å². The molecule has 2 aliphatic rings. The van der Waals surface area contributed by atoms with Crippen LogP contribution >= 0.6 is 0 Å². The number of ether oxygens (including phenoxy) is 1. The zero-order valence-corrected chi connectivity index (χ0v) is 16.4. The quantitative estimate of drug-likeness (QED) is 0.666. The second-order valence-corrected chi connectivity index (χ2v) is 7.25. The second kappa shape index (κ2) is 8.24. The topological polar surface area (TPSA) is 58.5 Å². The van der Waals surface area contributed by atoms with E-state index in [1.54, 1.807) is 6.07 Å². The van der Waals surface area contributed by atoms with Crippen LogP contribution < -0.4 is 10.2 Å². The molecule has 0 atom stereocenters. The lowest BCUT2D eigenvalue weighted by Gasteiger charge is -2.47. The molecule has 2 aliphatic heterocycles. The Balaban J connectivity index is 1.33. The van der Waals surface area contributed by atoms with Gasteiger partial charge in [-0.15, -0.1) is 5.10 Å². The maximum atomic E-state index is 13.6. The molecule has 0 amide bonds. The number of anilines is 3. The number of nitrogens with zero attached hydrogens (tertiary/aromatic N) is 5. The van der Waals surface area contributed by atoms with Crippen LogP contribution in [-0.4, -0.2) is 64.9 Å². The van der Waals surface area contributed by atoms with Crippen molar-refractivity contribution in [1.29, 1.82) is 0 Å². The third-order valence-corrected chi connectivity index (χ3v) is 5.00. The molecule has 5 rings (SSSR count). The zero-order valence-electron chi connectivity index (χ0n) is 24.4. The van der Waals surface area contributed by atoms with Gasteiger partial charge in [0.25, 0.3) is 0 Å². The molecule has 0 bridgehead atoms. The summed E-state index contributed by atoms with van der Waals surface area (Å²) in [5.74, 6) is -1.80. The highest BCUT2D eigenvalue weighted by Gasteiger charge is 2.32. The predicted octanol–water partition coefficient (Wildman–Crippen LogP) is 3.12. The van der Waals surface area contributed by atoms with Gasteiger partial charge in [0.1, 0.15) is 6.33 Å². The van der Waals surface area contributed by atoms with E-state index in [9.17, 15) is 8.78 Å². The third-order valence-electron chi connectivity index (χ3n) is 5.00. The van der Waals surface area contributed by atoms with E-state index in [1.807, 2.05) is 24.0 Å². The van der Waals surface area contributed by atoms with E-state index in [-0.39, 0.29) is 24.7 Å². The van der Waals surface area contributed by atoms with Gasteiger partial charge in [-0.25, -0.2) is 13.5 Å². The summed E-state index contributed by atoms with van der Waals surface area (Å²) in [6, 6.07) is 7.95. The number of benzene rings is 2. The molecular weight excluding hydrogens is 402 g/mol. The van der Waals surface area contributed by atoms with Gasteiger partial charge in [0.15, 0.2) is 11.6 Å². The van der Waals surface area contributed by atoms with E-state index >= 15 is 0 Å². The van der Waals surface area contributed by atoms with Crippen LogP contribution in [0.4, 0.5) is 26.1 Å². The monoisotopic (exact) mass is 434 g/mol. The molecule has 162 valence electrons. The molecule has 0 unspecified atom stereocenters. The van der Waals surface area contributed by atoms with Gasteiger partial charge in [0.05, 0.1) is 24.3 Å². The average molecular weight is 435 g/mol. The number of hydrogen-bond acceptors (Lipinski definition) is 6. The molecule has 1 N–H and O–H groups in total. The van der Waals surface area contributed by atoms with Crippen molar-refractivity contribution in [2.24, 2.45) is 0 Å². The molecule has 0 aliphatic carbocycles. The van der Waals surface area contributed by atoms with Crippen LogP contribution in [0.1, 0.15) is 16.5 Å². The number of aromatic nitrogens is 3. The van der Waals surface area contributed by atoms with Crippen molar-refractivity contribution in [3.8, 4) is 5.69 Å². The lowest BCUT2D eigenvalue weighted by Crippen LogP contribution is -2.61. The lowest BCUT2D eigenvalue weighted by atomic mass is 10.0. The Hall–Kier alpha value is -3.04. The Bertz CT molecular complexity index is 1390. The minimum absolute atomic E-state index is 0.108. The molecule has 3 aromatic rings. The van der Waals surface area contributed by atoms with Crippen molar-refractivity contribution >= 4 is 17.3 Å². The van der Waals surface area contributed by atoms with Gasteiger partial charge in [-0.05, 0) is 42.8 Å². The maximum absolute atomic E-state index is 13.6. The minimum atomic E-state index is -3.08. The fourth-order valence-electron chi connectivity index (χ4n) is 3.43. The van der Waals surface area contributed by atoms with Gasteiger partial charge in [-0.2, -0.15) is 4.98 Å². The van der Waals surface area contributed by atoms with Crippen LogP contribution in [-0.2, 0) is 4.74 Å². The first kappa shape index (κ1) is 12.7. The Morgan fingerprint density at radius 2 is 1.87 bits per heavy atom. The number of rotatable bonds is 5. The Morgan fingerprint density at radius 1 is 1.06 bits per heavy atom. The van der Waals surface area contributed by atoms with Crippen LogP contribution in [0, 0.1) is 18.6 Å². The van der Waals surface area contributed by atoms with Gasteiger partial charge in [0, 0.05) is 55.0 Å². The summed E-state index contributed by atoms with van der Waals surface area (Å²) in [4.78, 5) is 6.57. The summed E-state index contributed by atoms with van der Waals surface area (Å²) in [6.45, 7) is -9.97. The Kier molecular flexibility index (Phi) is 3.38. The summed E-state index contributed by atoms with van der Waals surface area (Å²) in [7, 11) is 0. The molecule has 0 saturated carbocycles. The lowest BCUT2D eigenvalue weighted by molar-refractivity contribution is 0.0105. The van der Waals surface area contributed by atoms with Crippen molar-refractivity contribution in [3.05, 3.63) is 59.9 Å². The molecule has 31 heavy (non-hydrogen) atoms. The predicted molar refractivity (Wildman–Crippen MR) is 114 cm³/mol. The Morgan fingerprint density at radius 3 is 2.65 bits per heavy atom. The molecule has 2 fully saturated rings. The molecule has 3 heterocycles.